The molecule has 0 unspecified atom stereocenters. The second kappa shape index (κ2) is 12.6. The number of hydrogen-bond acceptors (Lipinski definition) is 8. The molecule has 1 amide bonds. The van der Waals surface area contributed by atoms with Gasteiger partial charge in [0.05, 0.1) is 20.8 Å². The number of carbonyl (C=O) groups excluding carboxylic acids is 2. The predicted molar refractivity (Wildman–Crippen MR) is 116 cm³/mol. The molecule has 1 N–H and O–H groups in total. The lowest BCUT2D eigenvalue weighted by Gasteiger charge is -2.11. The van der Waals surface area contributed by atoms with Gasteiger partial charge in [-0.25, -0.2) is 4.79 Å². The van der Waals surface area contributed by atoms with Crippen molar-refractivity contribution in [3.05, 3.63) is 53.6 Å². The number of nitrogens with zero attached hydrogens (tertiary/aromatic N) is 1. The first-order valence-corrected chi connectivity index (χ1v) is 9.55. The molecule has 2 aromatic rings. The minimum absolute atomic E-state index is 0.0826. The van der Waals surface area contributed by atoms with E-state index in [0.29, 0.717) is 23.7 Å². The molecule has 0 aliphatic heterocycles. The van der Waals surface area contributed by atoms with Gasteiger partial charge in [-0.1, -0.05) is 6.07 Å². The maximum atomic E-state index is 12.2. The number of benzene rings is 2. The number of amides is 1. The quantitative estimate of drug-likeness (QED) is 0.186. The first kappa shape index (κ1) is 24.2. The van der Waals surface area contributed by atoms with Crippen molar-refractivity contribution < 1.29 is 33.3 Å². The Morgan fingerprint density at radius 3 is 2.34 bits per heavy atom. The van der Waals surface area contributed by atoms with Gasteiger partial charge < -0.3 is 29.0 Å². The van der Waals surface area contributed by atoms with Gasteiger partial charge in [0.25, 0.3) is 5.91 Å². The van der Waals surface area contributed by atoms with Crippen LogP contribution in [-0.4, -0.2) is 53.0 Å². The van der Waals surface area contributed by atoms with E-state index >= 15 is 0 Å². The molecular weight excluding hydrogens is 416 g/mol. The Kier molecular flexibility index (Phi) is 9.56. The summed E-state index contributed by atoms with van der Waals surface area (Å²) in [6.45, 7) is 0.309. The molecule has 2 rings (SSSR count). The molecule has 9 heteroatoms. The van der Waals surface area contributed by atoms with Crippen LogP contribution in [0.25, 0.3) is 6.08 Å². The molecule has 32 heavy (non-hydrogen) atoms. The summed E-state index contributed by atoms with van der Waals surface area (Å²) >= 11 is 0. The van der Waals surface area contributed by atoms with E-state index in [1.165, 1.54) is 26.4 Å². The average molecular weight is 440 g/mol. The van der Waals surface area contributed by atoms with Crippen LogP contribution in [0, 0.1) is 11.3 Å². The van der Waals surface area contributed by atoms with E-state index < -0.39 is 11.9 Å². The lowest BCUT2D eigenvalue weighted by molar-refractivity contribution is -0.136. The van der Waals surface area contributed by atoms with Gasteiger partial charge >= 0.3 is 5.97 Å². The van der Waals surface area contributed by atoms with Gasteiger partial charge in [0.15, 0.2) is 18.1 Å². The smallest absolute Gasteiger partial charge is 0.349 e. The zero-order valence-electron chi connectivity index (χ0n) is 18.0. The van der Waals surface area contributed by atoms with E-state index in [9.17, 15) is 14.9 Å². The number of methoxy groups -OCH3 is 3. The Hall–Kier alpha value is -4.03. The van der Waals surface area contributed by atoms with Crippen LogP contribution in [0.4, 0.5) is 0 Å². The number of hydrogen-bond donors (Lipinski definition) is 1. The molecule has 0 aliphatic carbocycles. The third kappa shape index (κ3) is 7.34. The van der Waals surface area contributed by atoms with Gasteiger partial charge in [0.1, 0.15) is 23.1 Å². The van der Waals surface area contributed by atoms with E-state index in [2.05, 4.69) is 5.32 Å². The second-order valence-electron chi connectivity index (χ2n) is 6.27. The minimum atomic E-state index is -0.627. The van der Waals surface area contributed by atoms with Crippen LogP contribution in [0.1, 0.15) is 5.56 Å². The molecule has 0 atom stereocenters. The van der Waals surface area contributed by atoms with Crippen molar-refractivity contribution >= 4 is 18.0 Å². The summed E-state index contributed by atoms with van der Waals surface area (Å²) < 4.78 is 25.9. The number of ether oxygens (including phenoxy) is 5. The minimum Gasteiger partial charge on any atom is -0.497 e. The maximum absolute atomic E-state index is 12.2. The molecule has 0 fully saturated rings. The Labute approximate surface area is 186 Å². The van der Waals surface area contributed by atoms with Crippen LogP contribution >= 0.6 is 0 Å². The number of rotatable bonds is 11. The van der Waals surface area contributed by atoms with Gasteiger partial charge in [-0.05, 0) is 48.0 Å². The van der Waals surface area contributed by atoms with Crippen LogP contribution < -0.4 is 24.3 Å². The largest absolute Gasteiger partial charge is 0.497 e. The van der Waals surface area contributed by atoms with Gasteiger partial charge in [0, 0.05) is 13.7 Å². The first-order valence-electron chi connectivity index (χ1n) is 9.55. The summed E-state index contributed by atoms with van der Waals surface area (Å²) in [5.41, 5.74) is 0.440. The van der Waals surface area contributed by atoms with E-state index in [1.807, 2.05) is 6.07 Å². The van der Waals surface area contributed by atoms with Crippen molar-refractivity contribution in [2.75, 3.05) is 41.1 Å². The highest BCUT2D eigenvalue weighted by Crippen LogP contribution is 2.29. The monoisotopic (exact) mass is 440 g/mol. The van der Waals surface area contributed by atoms with E-state index in [-0.39, 0.29) is 30.2 Å². The normalized spacial score (nSPS) is 10.6. The lowest BCUT2D eigenvalue weighted by Crippen LogP contribution is -2.27. The van der Waals surface area contributed by atoms with Crippen LogP contribution in [0.3, 0.4) is 0 Å². The summed E-state index contributed by atoms with van der Waals surface area (Å²) in [5, 5.41) is 11.8. The summed E-state index contributed by atoms with van der Waals surface area (Å²) in [4.78, 5) is 24.2. The number of nitrogens with one attached hydrogen (secondary N) is 1. The molecule has 0 saturated carbocycles. The lowest BCUT2D eigenvalue weighted by atomic mass is 10.1. The van der Waals surface area contributed by atoms with Gasteiger partial charge in [0.2, 0.25) is 0 Å². The Bertz CT molecular complexity index is 994. The fourth-order valence-electron chi connectivity index (χ4n) is 2.50. The molecule has 0 aromatic heterocycles. The summed E-state index contributed by atoms with van der Waals surface area (Å²) in [6, 6.07) is 13.3. The summed E-state index contributed by atoms with van der Waals surface area (Å²) in [7, 11) is 4.48. The molecule has 0 heterocycles. The summed E-state index contributed by atoms with van der Waals surface area (Å²) in [5.74, 6) is 0.450. The standard InChI is InChI=1S/C23H24N2O7/c1-28-11-10-25-23(27)17(14-24)12-16-4-9-20(21(13-16)30-3)32-22(26)15-31-19-7-5-18(29-2)6-8-19/h4-9,12-13H,10-11,15H2,1-3H3,(H,25,27)/b17-12+. The first-order chi connectivity index (χ1) is 15.5. The zero-order valence-corrected chi connectivity index (χ0v) is 18.0. The molecule has 0 aliphatic rings. The molecular formula is C23H24N2O7. The number of esters is 1. The van der Waals surface area contributed by atoms with E-state index in [0.717, 1.165) is 0 Å². The van der Waals surface area contributed by atoms with Crippen molar-refractivity contribution in [3.63, 3.8) is 0 Å². The van der Waals surface area contributed by atoms with Crippen LogP contribution in [0.2, 0.25) is 0 Å². The number of carbonyl (C=O) groups is 2. The summed E-state index contributed by atoms with van der Waals surface area (Å²) in [6.07, 6.45) is 1.41. The fourth-order valence-corrected chi connectivity index (χ4v) is 2.50. The van der Waals surface area contributed by atoms with Crippen LogP contribution in [-0.2, 0) is 14.3 Å². The second-order valence-corrected chi connectivity index (χ2v) is 6.27. The highest BCUT2D eigenvalue weighted by molar-refractivity contribution is 6.01. The van der Waals surface area contributed by atoms with Crippen LogP contribution in [0.15, 0.2) is 48.0 Å². The molecule has 2 aromatic carbocycles. The third-order valence-electron chi connectivity index (χ3n) is 4.10. The van der Waals surface area contributed by atoms with Gasteiger partial charge in [-0.15, -0.1) is 0 Å². The maximum Gasteiger partial charge on any atom is 0.349 e. The molecule has 0 spiro atoms. The highest BCUT2D eigenvalue weighted by Gasteiger charge is 2.13. The Morgan fingerprint density at radius 2 is 1.72 bits per heavy atom. The molecule has 168 valence electrons. The molecule has 0 radical (unpaired) electrons. The fraction of sp³-hybridized carbons (Fsp3) is 0.261. The van der Waals surface area contributed by atoms with Crippen LogP contribution in [0.5, 0.6) is 23.0 Å². The van der Waals surface area contributed by atoms with Gasteiger partial charge in [-0.3, -0.25) is 4.79 Å². The third-order valence-corrected chi connectivity index (χ3v) is 4.10. The molecule has 9 nitrogen and oxygen atoms in total. The van der Waals surface area contributed by atoms with Gasteiger partial charge in [-0.2, -0.15) is 5.26 Å². The van der Waals surface area contributed by atoms with E-state index in [4.69, 9.17) is 23.7 Å². The van der Waals surface area contributed by atoms with Crippen molar-refractivity contribution in [3.8, 4) is 29.1 Å². The number of nitriles is 1. The highest BCUT2D eigenvalue weighted by atomic mass is 16.6. The SMILES string of the molecule is COCCNC(=O)/C(C#N)=C/c1ccc(OC(=O)COc2ccc(OC)cc2)c(OC)c1. The predicted octanol–water partition coefficient (Wildman–Crippen LogP) is 2.36. The zero-order chi connectivity index (χ0) is 23.3. The van der Waals surface area contributed by atoms with E-state index in [1.54, 1.807) is 43.5 Å². The van der Waals surface area contributed by atoms with Crippen molar-refractivity contribution in [1.29, 1.82) is 5.26 Å². The topological polar surface area (TPSA) is 116 Å². The average Bonchev–Trinajstić information content (AvgIpc) is 2.82. The molecule has 0 bridgehead atoms. The Morgan fingerprint density at radius 1 is 1.00 bits per heavy atom. The molecule has 0 saturated heterocycles. The van der Waals surface area contributed by atoms with Crippen molar-refractivity contribution in [2.24, 2.45) is 0 Å². The van der Waals surface area contributed by atoms with Crippen molar-refractivity contribution in [2.45, 2.75) is 0 Å². The van der Waals surface area contributed by atoms with Crippen molar-refractivity contribution in [1.82, 2.24) is 5.32 Å². The Balaban J connectivity index is 2.03.